The Balaban J connectivity index is 1.97. The van der Waals surface area contributed by atoms with Crippen molar-refractivity contribution in [2.75, 3.05) is 11.9 Å². The standard InChI is InChI=1S/C18H28ClN3O2/c1-13(21-16-12-20-9-8-15(16)19)11-14-7-5-6-10-22(14)17(23)24-18(2,3)4/h8-9,12-14,21H,5-7,10-11H2,1-4H3. The van der Waals surface area contributed by atoms with Crippen LogP contribution in [0.25, 0.3) is 0 Å². The minimum atomic E-state index is -0.466. The Hall–Kier alpha value is -1.49. The second-order valence-electron chi connectivity index (χ2n) is 7.46. The van der Waals surface area contributed by atoms with E-state index in [1.54, 1.807) is 18.5 Å². The third-order valence-electron chi connectivity index (χ3n) is 4.05. The highest BCUT2D eigenvalue weighted by molar-refractivity contribution is 6.33. The molecule has 5 nitrogen and oxygen atoms in total. The average molecular weight is 354 g/mol. The fourth-order valence-corrected chi connectivity index (χ4v) is 3.18. The normalized spacial score (nSPS) is 19.7. The summed E-state index contributed by atoms with van der Waals surface area (Å²) in [6, 6.07) is 2.14. The molecule has 0 aromatic carbocycles. The summed E-state index contributed by atoms with van der Waals surface area (Å²) in [5, 5.41) is 4.05. The van der Waals surface area contributed by atoms with Crippen molar-refractivity contribution in [1.82, 2.24) is 9.88 Å². The second kappa shape index (κ2) is 8.06. The van der Waals surface area contributed by atoms with Gasteiger partial charge in [0.15, 0.2) is 0 Å². The zero-order valence-electron chi connectivity index (χ0n) is 15.0. The number of anilines is 1. The van der Waals surface area contributed by atoms with E-state index in [9.17, 15) is 4.79 Å². The van der Waals surface area contributed by atoms with Gasteiger partial charge in [-0.3, -0.25) is 4.98 Å². The Morgan fingerprint density at radius 1 is 1.50 bits per heavy atom. The number of carbonyl (C=O) groups excluding carboxylic acids is 1. The minimum Gasteiger partial charge on any atom is -0.444 e. The van der Waals surface area contributed by atoms with Crippen LogP contribution in [0.5, 0.6) is 0 Å². The predicted octanol–water partition coefficient (Wildman–Crippen LogP) is 4.72. The molecular formula is C18H28ClN3O2. The van der Waals surface area contributed by atoms with E-state index in [1.807, 2.05) is 25.7 Å². The molecule has 2 atom stereocenters. The van der Waals surface area contributed by atoms with E-state index < -0.39 is 5.60 Å². The summed E-state index contributed by atoms with van der Waals surface area (Å²) < 4.78 is 5.56. The van der Waals surface area contributed by atoms with Gasteiger partial charge in [-0.25, -0.2) is 4.79 Å². The number of aromatic nitrogens is 1. The number of hydrogen-bond donors (Lipinski definition) is 1. The lowest BCUT2D eigenvalue weighted by atomic mass is 9.96. The van der Waals surface area contributed by atoms with Crippen molar-refractivity contribution >= 4 is 23.4 Å². The monoisotopic (exact) mass is 353 g/mol. The molecule has 0 spiro atoms. The lowest BCUT2D eigenvalue weighted by Gasteiger charge is -2.38. The van der Waals surface area contributed by atoms with Gasteiger partial charge in [0.2, 0.25) is 0 Å². The van der Waals surface area contributed by atoms with Gasteiger partial charge < -0.3 is 15.0 Å². The topological polar surface area (TPSA) is 54.5 Å². The highest BCUT2D eigenvalue weighted by atomic mass is 35.5. The van der Waals surface area contributed by atoms with Crippen LogP contribution in [0.3, 0.4) is 0 Å². The lowest BCUT2D eigenvalue weighted by molar-refractivity contribution is 0.00852. The molecule has 1 aromatic heterocycles. The van der Waals surface area contributed by atoms with Gasteiger partial charge in [-0.2, -0.15) is 0 Å². The summed E-state index contributed by atoms with van der Waals surface area (Å²) in [6.07, 6.45) is 7.22. The van der Waals surface area contributed by atoms with Crippen LogP contribution < -0.4 is 5.32 Å². The number of amides is 1. The van der Waals surface area contributed by atoms with Crippen LogP contribution in [0.1, 0.15) is 53.4 Å². The molecule has 2 unspecified atom stereocenters. The van der Waals surface area contributed by atoms with Gasteiger partial charge in [-0.05, 0) is 59.4 Å². The Bertz CT molecular complexity index is 559. The number of hydrogen-bond acceptors (Lipinski definition) is 4. The van der Waals surface area contributed by atoms with Crippen LogP contribution in [0.2, 0.25) is 5.02 Å². The Labute approximate surface area is 149 Å². The van der Waals surface area contributed by atoms with Gasteiger partial charge in [0.05, 0.1) is 16.9 Å². The zero-order chi connectivity index (χ0) is 17.7. The van der Waals surface area contributed by atoms with Crippen molar-refractivity contribution < 1.29 is 9.53 Å². The third-order valence-corrected chi connectivity index (χ3v) is 4.38. The molecule has 6 heteroatoms. The van der Waals surface area contributed by atoms with E-state index in [1.165, 1.54) is 0 Å². The van der Waals surface area contributed by atoms with Crippen molar-refractivity contribution in [3.05, 3.63) is 23.5 Å². The molecule has 0 radical (unpaired) electrons. The number of nitrogens with zero attached hydrogens (tertiary/aromatic N) is 2. The van der Waals surface area contributed by atoms with Gasteiger partial charge in [0.1, 0.15) is 5.60 Å². The molecule has 1 amide bonds. The van der Waals surface area contributed by atoms with Crippen molar-refractivity contribution in [3.63, 3.8) is 0 Å². The zero-order valence-corrected chi connectivity index (χ0v) is 15.8. The summed E-state index contributed by atoms with van der Waals surface area (Å²) >= 11 is 6.18. The molecular weight excluding hydrogens is 326 g/mol. The van der Waals surface area contributed by atoms with Crippen LogP contribution in [-0.4, -0.2) is 40.2 Å². The molecule has 1 saturated heterocycles. The third kappa shape index (κ3) is 5.55. The highest BCUT2D eigenvalue weighted by Crippen LogP contribution is 2.26. The van der Waals surface area contributed by atoms with E-state index in [0.29, 0.717) is 5.02 Å². The fraction of sp³-hybridized carbons (Fsp3) is 0.667. The van der Waals surface area contributed by atoms with Gasteiger partial charge in [-0.1, -0.05) is 11.6 Å². The molecule has 0 aliphatic carbocycles. The number of halogens is 1. The van der Waals surface area contributed by atoms with Crippen LogP contribution in [0.4, 0.5) is 10.5 Å². The molecule has 24 heavy (non-hydrogen) atoms. The number of pyridine rings is 1. The minimum absolute atomic E-state index is 0.180. The van der Waals surface area contributed by atoms with Crippen molar-refractivity contribution in [1.29, 1.82) is 0 Å². The van der Waals surface area contributed by atoms with Gasteiger partial charge >= 0.3 is 6.09 Å². The number of likely N-dealkylation sites (tertiary alicyclic amines) is 1. The van der Waals surface area contributed by atoms with Crippen LogP contribution in [-0.2, 0) is 4.74 Å². The number of rotatable bonds is 4. The van der Waals surface area contributed by atoms with E-state index >= 15 is 0 Å². The van der Waals surface area contributed by atoms with Crippen molar-refractivity contribution in [3.8, 4) is 0 Å². The first-order valence-corrected chi connectivity index (χ1v) is 9.00. The molecule has 1 N–H and O–H groups in total. The quantitative estimate of drug-likeness (QED) is 0.851. The smallest absolute Gasteiger partial charge is 0.410 e. The number of nitrogens with one attached hydrogen (secondary N) is 1. The molecule has 134 valence electrons. The van der Waals surface area contributed by atoms with Gasteiger partial charge in [-0.15, -0.1) is 0 Å². The van der Waals surface area contributed by atoms with Crippen molar-refractivity contribution in [2.24, 2.45) is 0 Å². The molecule has 0 bridgehead atoms. The molecule has 1 fully saturated rings. The van der Waals surface area contributed by atoms with E-state index in [2.05, 4.69) is 17.2 Å². The summed E-state index contributed by atoms with van der Waals surface area (Å²) in [6.45, 7) is 8.57. The summed E-state index contributed by atoms with van der Waals surface area (Å²) in [5.74, 6) is 0. The van der Waals surface area contributed by atoms with Gasteiger partial charge in [0, 0.05) is 24.8 Å². The molecule has 1 aliphatic rings. The molecule has 1 aliphatic heterocycles. The fourth-order valence-electron chi connectivity index (χ4n) is 3.02. The SMILES string of the molecule is CC(CC1CCCCN1C(=O)OC(C)(C)C)Nc1cnccc1Cl. The van der Waals surface area contributed by atoms with E-state index in [-0.39, 0.29) is 18.2 Å². The molecule has 2 rings (SSSR count). The van der Waals surface area contributed by atoms with E-state index in [4.69, 9.17) is 16.3 Å². The Morgan fingerprint density at radius 2 is 2.25 bits per heavy atom. The number of carbonyl (C=O) groups is 1. The lowest BCUT2D eigenvalue weighted by Crippen LogP contribution is -2.47. The predicted molar refractivity (Wildman–Crippen MR) is 97.5 cm³/mol. The van der Waals surface area contributed by atoms with E-state index in [0.717, 1.165) is 37.9 Å². The maximum atomic E-state index is 12.5. The first kappa shape index (κ1) is 18.8. The number of piperidine rings is 1. The second-order valence-corrected chi connectivity index (χ2v) is 7.87. The van der Waals surface area contributed by atoms with Crippen LogP contribution in [0, 0.1) is 0 Å². The molecule has 1 aromatic rings. The Kier molecular flexibility index (Phi) is 6.33. The first-order chi connectivity index (χ1) is 11.3. The molecule has 0 saturated carbocycles. The molecule has 2 heterocycles. The summed E-state index contributed by atoms with van der Waals surface area (Å²) in [4.78, 5) is 18.5. The first-order valence-electron chi connectivity index (χ1n) is 8.62. The van der Waals surface area contributed by atoms with Crippen LogP contribution in [0.15, 0.2) is 18.5 Å². The summed E-state index contributed by atoms with van der Waals surface area (Å²) in [5.41, 5.74) is 0.359. The maximum Gasteiger partial charge on any atom is 0.410 e. The van der Waals surface area contributed by atoms with Crippen molar-refractivity contribution in [2.45, 2.75) is 71.1 Å². The van der Waals surface area contributed by atoms with Crippen LogP contribution >= 0.6 is 11.6 Å². The highest BCUT2D eigenvalue weighted by Gasteiger charge is 2.31. The maximum absolute atomic E-state index is 12.5. The largest absolute Gasteiger partial charge is 0.444 e. The average Bonchev–Trinajstić information content (AvgIpc) is 2.48. The van der Waals surface area contributed by atoms with Gasteiger partial charge in [0.25, 0.3) is 0 Å². The Morgan fingerprint density at radius 3 is 2.92 bits per heavy atom. The summed E-state index contributed by atoms with van der Waals surface area (Å²) in [7, 11) is 0. The number of ether oxygens (including phenoxy) is 1.